The van der Waals surface area contributed by atoms with Crippen LogP contribution in [0, 0.1) is 6.92 Å². The van der Waals surface area contributed by atoms with Crippen LogP contribution in [0.4, 0.5) is 0 Å². The maximum Gasteiger partial charge on any atom is 0.236 e. The lowest BCUT2D eigenvalue weighted by Gasteiger charge is -2.58. The van der Waals surface area contributed by atoms with Crippen LogP contribution in [0.5, 0.6) is 11.5 Å². The van der Waals surface area contributed by atoms with E-state index >= 15 is 0 Å². The van der Waals surface area contributed by atoms with Crippen molar-refractivity contribution in [3.8, 4) is 11.5 Å². The van der Waals surface area contributed by atoms with Gasteiger partial charge in [-0.1, -0.05) is 6.07 Å². The predicted molar refractivity (Wildman–Crippen MR) is 140 cm³/mol. The molecule has 10 heteroatoms. The number of methoxy groups -OCH3 is 2. The minimum Gasteiger partial charge on any atom is -0.504 e. The van der Waals surface area contributed by atoms with E-state index in [4.69, 9.17) is 15.2 Å². The number of carbonyl (C=O) groups excluding carboxylic acids is 3. The van der Waals surface area contributed by atoms with Gasteiger partial charge in [0.05, 0.1) is 32.3 Å². The average Bonchev–Trinajstić information content (AvgIpc) is 2.86. The van der Waals surface area contributed by atoms with Gasteiger partial charge in [-0.05, 0) is 51.8 Å². The largest absolute Gasteiger partial charge is 0.504 e. The topological polar surface area (TPSA) is 134 Å². The second-order valence-electron chi connectivity index (χ2n) is 10.8. The molecule has 3 heterocycles. The highest BCUT2D eigenvalue weighted by Crippen LogP contribution is 2.52. The minimum atomic E-state index is -0.713. The summed E-state index contributed by atoms with van der Waals surface area (Å²) in [5.41, 5.74) is 9.65. The van der Waals surface area contributed by atoms with Gasteiger partial charge in [-0.3, -0.25) is 24.2 Å². The third kappa shape index (κ3) is 3.77. The van der Waals surface area contributed by atoms with Gasteiger partial charge in [-0.15, -0.1) is 0 Å². The van der Waals surface area contributed by atoms with Crippen LogP contribution in [0.15, 0.2) is 28.5 Å². The first kappa shape index (κ1) is 26.4. The highest BCUT2D eigenvalue weighted by molar-refractivity contribution is 6.25. The fraction of sp³-hybridized carbons (Fsp3) is 0.536. The first-order valence-corrected chi connectivity index (χ1v) is 13.0. The summed E-state index contributed by atoms with van der Waals surface area (Å²) in [6.45, 7) is 5.89. The molecule has 1 saturated heterocycles. The van der Waals surface area contributed by atoms with Crippen molar-refractivity contribution in [3.63, 3.8) is 0 Å². The van der Waals surface area contributed by atoms with Gasteiger partial charge in [0.1, 0.15) is 0 Å². The first-order valence-electron chi connectivity index (χ1n) is 13.0. The van der Waals surface area contributed by atoms with Crippen molar-refractivity contribution in [3.05, 3.63) is 45.2 Å². The highest BCUT2D eigenvalue weighted by Gasteiger charge is 2.54. The molecule has 38 heavy (non-hydrogen) atoms. The summed E-state index contributed by atoms with van der Waals surface area (Å²) >= 11 is 0. The summed E-state index contributed by atoms with van der Waals surface area (Å²) in [6.07, 6.45) is 1.05. The lowest BCUT2D eigenvalue weighted by molar-refractivity contribution is -0.124. The van der Waals surface area contributed by atoms with Gasteiger partial charge < -0.3 is 25.6 Å². The number of likely N-dealkylation sites (N-methyl/N-ethyl adjacent to an activating group) is 1. The van der Waals surface area contributed by atoms with Gasteiger partial charge in [0.15, 0.2) is 23.0 Å². The molecule has 1 aliphatic carbocycles. The minimum absolute atomic E-state index is 0.0493. The zero-order chi connectivity index (χ0) is 27.6. The van der Waals surface area contributed by atoms with Gasteiger partial charge >= 0.3 is 0 Å². The van der Waals surface area contributed by atoms with Gasteiger partial charge in [0, 0.05) is 47.5 Å². The monoisotopic (exact) mass is 524 g/mol. The summed E-state index contributed by atoms with van der Waals surface area (Å²) in [7, 11) is 4.98. The van der Waals surface area contributed by atoms with E-state index in [9.17, 15) is 19.5 Å². The van der Waals surface area contributed by atoms with Crippen LogP contribution < -0.4 is 15.8 Å². The SMILES string of the molecule is COC1=C(C)C(=O)C2=C(C1=O)[C@H](CNC(=O)[C@H](C)N)N1C[C@H]3Cc4cc(C)c(OC)c(O)c4[C@@H]([C@@H]1C2)N3C. The summed E-state index contributed by atoms with van der Waals surface area (Å²) in [5.74, 6) is -0.260. The Bertz CT molecular complexity index is 1300. The molecule has 1 amide bonds. The molecule has 10 nitrogen and oxygen atoms in total. The third-order valence-corrected chi connectivity index (χ3v) is 8.71. The molecule has 3 aliphatic heterocycles. The fourth-order valence-electron chi connectivity index (χ4n) is 6.89. The number of hydrogen-bond acceptors (Lipinski definition) is 9. The van der Waals surface area contributed by atoms with Crippen molar-refractivity contribution in [2.75, 3.05) is 34.4 Å². The third-order valence-electron chi connectivity index (χ3n) is 8.71. The number of amides is 1. The van der Waals surface area contributed by atoms with Gasteiger partial charge in [0.2, 0.25) is 11.7 Å². The van der Waals surface area contributed by atoms with Crippen molar-refractivity contribution in [2.45, 2.75) is 63.8 Å². The van der Waals surface area contributed by atoms with E-state index in [1.165, 1.54) is 7.11 Å². The number of fused-ring (bicyclic) bond motifs is 6. The summed E-state index contributed by atoms with van der Waals surface area (Å²) in [6, 6.07) is 0.461. The lowest BCUT2D eigenvalue weighted by Crippen LogP contribution is -2.67. The van der Waals surface area contributed by atoms with Crippen LogP contribution in [0.3, 0.4) is 0 Å². The van der Waals surface area contributed by atoms with Gasteiger partial charge in [0.25, 0.3) is 0 Å². The number of nitrogens with zero attached hydrogens (tertiary/aromatic N) is 2. The molecule has 0 aromatic heterocycles. The Morgan fingerprint density at radius 2 is 1.92 bits per heavy atom. The van der Waals surface area contributed by atoms with E-state index < -0.39 is 12.1 Å². The Hall–Kier alpha value is -3.21. The molecule has 0 radical (unpaired) electrons. The standard InChI is InChI=1S/C28H36N4O6/c1-12-7-15-8-16-11-32-18(22(31(16)4)20(15)24(34)26(12)37-5)9-17-21(19(32)10-30-28(36)14(3)29)25(35)27(38-6)13(2)23(17)33/h7,14,16,18-19,22,34H,8-11,29H2,1-6H3,(H,30,36)/t14-,16+,18-,19-,22+/m0/s1. The molecule has 4 N–H and O–H groups in total. The molecular formula is C28H36N4O6. The van der Waals surface area contributed by atoms with E-state index in [1.54, 1.807) is 21.0 Å². The number of piperazine rings is 1. The molecule has 4 aliphatic rings. The Morgan fingerprint density at radius 1 is 1.21 bits per heavy atom. The molecule has 1 aromatic rings. The molecule has 0 unspecified atom stereocenters. The van der Waals surface area contributed by atoms with E-state index in [-0.39, 0.29) is 59.2 Å². The normalized spacial score (nSPS) is 28.0. The Balaban J connectivity index is 1.65. The van der Waals surface area contributed by atoms with E-state index in [0.29, 0.717) is 36.3 Å². The lowest BCUT2D eigenvalue weighted by atomic mass is 9.71. The number of rotatable bonds is 5. The molecule has 204 valence electrons. The van der Waals surface area contributed by atoms with Crippen molar-refractivity contribution in [2.24, 2.45) is 5.73 Å². The molecule has 0 spiro atoms. The molecule has 2 bridgehead atoms. The van der Waals surface area contributed by atoms with E-state index in [0.717, 1.165) is 16.7 Å². The first-order chi connectivity index (χ1) is 18.0. The number of phenols is 1. The number of phenolic OH excluding ortho intramolecular Hbond substituents is 1. The zero-order valence-electron chi connectivity index (χ0n) is 22.8. The van der Waals surface area contributed by atoms with Crippen LogP contribution in [0.1, 0.15) is 43.0 Å². The molecule has 1 fully saturated rings. The van der Waals surface area contributed by atoms with Crippen molar-refractivity contribution < 1.29 is 29.0 Å². The van der Waals surface area contributed by atoms with E-state index in [2.05, 4.69) is 21.2 Å². The van der Waals surface area contributed by atoms with E-state index in [1.807, 2.05) is 14.0 Å². The summed E-state index contributed by atoms with van der Waals surface area (Å²) in [5, 5.41) is 14.3. The van der Waals surface area contributed by atoms with Crippen molar-refractivity contribution in [1.29, 1.82) is 0 Å². The maximum atomic E-state index is 13.7. The van der Waals surface area contributed by atoms with Crippen LogP contribution in [0.25, 0.3) is 0 Å². The number of allylic oxidation sites excluding steroid dienone is 2. The molecule has 1 aromatic carbocycles. The van der Waals surface area contributed by atoms with Crippen molar-refractivity contribution in [1.82, 2.24) is 15.1 Å². The number of benzene rings is 1. The maximum absolute atomic E-state index is 13.7. The van der Waals surface area contributed by atoms with Crippen LogP contribution in [-0.2, 0) is 25.5 Å². The number of ketones is 2. The quantitative estimate of drug-likeness (QED) is 0.480. The van der Waals surface area contributed by atoms with Crippen LogP contribution in [0.2, 0.25) is 0 Å². The molecule has 0 saturated carbocycles. The van der Waals surface area contributed by atoms with Gasteiger partial charge in [-0.25, -0.2) is 0 Å². The molecular weight excluding hydrogens is 488 g/mol. The Kier molecular flexibility index (Phi) is 6.61. The summed E-state index contributed by atoms with van der Waals surface area (Å²) < 4.78 is 10.9. The number of nitrogens with two attached hydrogens (primary N) is 1. The second-order valence-corrected chi connectivity index (χ2v) is 10.8. The number of aromatic hydroxyl groups is 1. The highest BCUT2D eigenvalue weighted by atomic mass is 16.5. The fourth-order valence-corrected chi connectivity index (χ4v) is 6.89. The zero-order valence-corrected chi connectivity index (χ0v) is 22.8. The van der Waals surface area contributed by atoms with Gasteiger partial charge in [-0.2, -0.15) is 0 Å². The number of hydrogen-bond donors (Lipinski definition) is 3. The smallest absolute Gasteiger partial charge is 0.236 e. The molecule has 5 atom stereocenters. The van der Waals surface area contributed by atoms with Crippen LogP contribution >= 0.6 is 0 Å². The van der Waals surface area contributed by atoms with Crippen molar-refractivity contribution >= 4 is 17.5 Å². The number of nitrogens with one attached hydrogen (secondary N) is 1. The number of Topliss-reactive ketones (excluding diaryl/α,β-unsaturated/α-hetero) is 2. The Morgan fingerprint density at radius 3 is 2.55 bits per heavy atom. The number of carbonyl (C=O) groups is 3. The van der Waals surface area contributed by atoms with Crippen LogP contribution in [-0.4, -0.2) is 90.9 Å². The second kappa shape index (κ2) is 9.52. The average molecular weight is 525 g/mol. The Labute approximate surface area is 222 Å². The summed E-state index contributed by atoms with van der Waals surface area (Å²) in [4.78, 5) is 44.2. The predicted octanol–water partition coefficient (Wildman–Crippen LogP) is 0.896. The number of ether oxygens (including phenoxy) is 2. The molecule has 5 rings (SSSR count). The number of aryl methyl sites for hydroxylation is 1.